The van der Waals surface area contributed by atoms with Crippen molar-refractivity contribution in [1.29, 1.82) is 0 Å². The first-order valence-electron chi connectivity index (χ1n) is 8.71. The Kier molecular flexibility index (Phi) is 17.5. The van der Waals surface area contributed by atoms with E-state index in [1.54, 1.807) is 0 Å². The quantitative estimate of drug-likeness (QED) is 0.220. The summed E-state index contributed by atoms with van der Waals surface area (Å²) in [6.07, 6.45) is 24.2. The molecule has 0 saturated heterocycles. The summed E-state index contributed by atoms with van der Waals surface area (Å²) in [6, 6.07) is 0. The standard InChI is InChI=1S/C19H35/c1-3-5-7-9-11-13-15-17-19-18-16-14-12-10-8-6-4-2/h17,19H,3-16,18H2,1H3. The second-order valence-electron chi connectivity index (χ2n) is 5.69. The molecule has 0 aromatic rings. The molecule has 0 atom stereocenters. The van der Waals surface area contributed by atoms with E-state index in [2.05, 4.69) is 19.1 Å². The van der Waals surface area contributed by atoms with Crippen molar-refractivity contribution in [1.82, 2.24) is 0 Å². The van der Waals surface area contributed by atoms with Crippen LogP contribution in [0.25, 0.3) is 0 Å². The maximum Gasteiger partial charge on any atom is -0.00936 e. The summed E-state index contributed by atoms with van der Waals surface area (Å²) in [7, 11) is 0. The molecule has 0 amide bonds. The average Bonchev–Trinajstić information content (AvgIpc) is 2.43. The van der Waals surface area contributed by atoms with Crippen LogP contribution in [0.1, 0.15) is 103 Å². The van der Waals surface area contributed by atoms with Gasteiger partial charge >= 0.3 is 0 Å². The van der Waals surface area contributed by atoms with Crippen LogP contribution < -0.4 is 0 Å². The van der Waals surface area contributed by atoms with Crippen LogP contribution in [0.2, 0.25) is 0 Å². The highest BCUT2D eigenvalue weighted by Gasteiger charge is 1.90. The van der Waals surface area contributed by atoms with E-state index in [0.29, 0.717) is 6.42 Å². The molecule has 0 saturated carbocycles. The van der Waals surface area contributed by atoms with Crippen LogP contribution >= 0.6 is 0 Å². The molecule has 0 rings (SSSR count). The predicted molar refractivity (Wildman–Crippen MR) is 87.3 cm³/mol. The minimum Gasteiger partial charge on any atom is -0.0885 e. The molecule has 0 bridgehead atoms. The monoisotopic (exact) mass is 263 g/mol. The Bertz CT molecular complexity index is 169. The first kappa shape index (κ1) is 18.7. The molecule has 0 unspecified atom stereocenters. The molecule has 0 fully saturated rings. The van der Waals surface area contributed by atoms with Gasteiger partial charge in [-0.2, -0.15) is 0 Å². The maximum absolute atomic E-state index is 7.07. The van der Waals surface area contributed by atoms with Crippen molar-refractivity contribution in [3.8, 4) is 0 Å². The summed E-state index contributed by atoms with van der Waals surface area (Å²) in [4.78, 5) is 0. The van der Waals surface area contributed by atoms with Gasteiger partial charge in [-0.3, -0.25) is 0 Å². The van der Waals surface area contributed by atoms with Crippen molar-refractivity contribution in [3.05, 3.63) is 19.1 Å². The Morgan fingerprint density at radius 3 is 1.47 bits per heavy atom. The maximum atomic E-state index is 7.07. The van der Waals surface area contributed by atoms with Crippen LogP contribution in [0.5, 0.6) is 0 Å². The third-order valence-electron chi connectivity index (χ3n) is 3.69. The zero-order valence-corrected chi connectivity index (χ0v) is 13.3. The summed E-state index contributed by atoms with van der Waals surface area (Å²) >= 11 is 0. The Morgan fingerprint density at radius 1 is 0.579 bits per heavy atom. The summed E-state index contributed by atoms with van der Waals surface area (Å²) in [5, 5.41) is 0. The molecule has 0 spiro atoms. The highest BCUT2D eigenvalue weighted by atomic mass is 14.0. The molecule has 3 radical (unpaired) electrons. The molecule has 0 heteroatoms. The van der Waals surface area contributed by atoms with E-state index in [1.807, 2.05) is 0 Å². The van der Waals surface area contributed by atoms with E-state index in [1.165, 1.54) is 83.5 Å². The van der Waals surface area contributed by atoms with Crippen molar-refractivity contribution in [2.24, 2.45) is 0 Å². The third-order valence-corrected chi connectivity index (χ3v) is 3.69. The van der Waals surface area contributed by atoms with Crippen molar-refractivity contribution in [2.45, 2.75) is 103 Å². The van der Waals surface area contributed by atoms with Gasteiger partial charge in [0.15, 0.2) is 0 Å². The Balaban J connectivity index is 3.01. The Labute approximate surface area is 123 Å². The molecule has 0 aliphatic heterocycles. The fraction of sp³-hybridized carbons (Fsp3) is 0.842. The van der Waals surface area contributed by atoms with Crippen molar-refractivity contribution in [3.63, 3.8) is 0 Å². The smallest absolute Gasteiger partial charge is 0.00936 e. The van der Waals surface area contributed by atoms with Gasteiger partial charge in [0, 0.05) is 0 Å². The van der Waals surface area contributed by atoms with Crippen LogP contribution in [0.15, 0.2) is 12.2 Å². The summed E-state index contributed by atoms with van der Waals surface area (Å²) in [5.74, 6) is 0. The molecular formula is C19H35. The second-order valence-corrected chi connectivity index (χ2v) is 5.69. The summed E-state index contributed by atoms with van der Waals surface area (Å²) < 4.78 is 0. The topological polar surface area (TPSA) is 0 Å². The number of allylic oxidation sites excluding steroid dienone is 2. The number of hydrogen-bond donors (Lipinski definition) is 0. The molecule has 0 aliphatic carbocycles. The van der Waals surface area contributed by atoms with E-state index in [9.17, 15) is 0 Å². The minimum atomic E-state index is 0.612. The average molecular weight is 263 g/mol. The first-order valence-corrected chi connectivity index (χ1v) is 8.71. The molecule has 111 valence electrons. The van der Waals surface area contributed by atoms with Crippen molar-refractivity contribution in [2.75, 3.05) is 0 Å². The van der Waals surface area contributed by atoms with Gasteiger partial charge in [-0.1, -0.05) is 83.3 Å². The lowest BCUT2D eigenvalue weighted by Crippen LogP contribution is -1.79. The number of unbranched alkanes of at least 4 members (excludes halogenated alkanes) is 13. The highest BCUT2D eigenvalue weighted by Crippen LogP contribution is 2.10. The van der Waals surface area contributed by atoms with Gasteiger partial charge < -0.3 is 0 Å². The molecule has 0 heterocycles. The number of rotatable bonds is 15. The zero-order valence-electron chi connectivity index (χ0n) is 13.3. The molecule has 19 heavy (non-hydrogen) atoms. The van der Waals surface area contributed by atoms with Gasteiger partial charge in [0.25, 0.3) is 0 Å². The molecular weight excluding hydrogens is 228 g/mol. The van der Waals surface area contributed by atoms with Crippen molar-refractivity contribution >= 4 is 0 Å². The lowest BCUT2D eigenvalue weighted by molar-refractivity contribution is 0.598. The fourth-order valence-corrected chi connectivity index (χ4v) is 2.37. The SMILES string of the molecule is [C]CCCCCCCCC=CCCCCCCCC. The van der Waals surface area contributed by atoms with E-state index in [4.69, 9.17) is 6.92 Å². The van der Waals surface area contributed by atoms with E-state index < -0.39 is 0 Å². The van der Waals surface area contributed by atoms with E-state index in [0.717, 1.165) is 6.42 Å². The fourth-order valence-electron chi connectivity index (χ4n) is 2.37. The van der Waals surface area contributed by atoms with Gasteiger partial charge in [0.1, 0.15) is 0 Å². The van der Waals surface area contributed by atoms with E-state index >= 15 is 0 Å². The van der Waals surface area contributed by atoms with Gasteiger partial charge in [-0.25, -0.2) is 0 Å². The minimum absolute atomic E-state index is 0.612. The lowest BCUT2D eigenvalue weighted by atomic mass is 10.1. The molecule has 0 aliphatic rings. The second kappa shape index (κ2) is 17.7. The third kappa shape index (κ3) is 17.7. The Morgan fingerprint density at radius 2 is 1.00 bits per heavy atom. The van der Waals surface area contributed by atoms with Gasteiger partial charge in [0.2, 0.25) is 0 Å². The van der Waals surface area contributed by atoms with Gasteiger partial charge in [0.05, 0.1) is 0 Å². The first-order chi connectivity index (χ1) is 9.41. The molecule has 0 aromatic heterocycles. The van der Waals surface area contributed by atoms with Crippen molar-refractivity contribution < 1.29 is 0 Å². The van der Waals surface area contributed by atoms with Gasteiger partial charge in [-0.15, -0.1) is 0 Å². The molecule has 0 nitrogen and oxygen atoms in total. The largest absolute Gasteiger partial charge is 0.0885 e. The highest BCUT2D eigenvalue weighted by molar-refractivity contribution is 4.81. The Hall–Kier alpha value is -0.260. The normalized spacial score (nSPS) is 11.5. The van der Waals surface area contributed by atoms with Gasteiger partial charge in [-0.05, 0) is 39.0 Å². The van der Waals surface area contributed by atoms with E-state index in [-0.39, 0.29) is 0 Å². The zero-order chi connectivity index (χ0) is 14.0. The molecule has 0 aromatic carbocycles. The summed E-state index contributed by atoms with van der Waals surface area (Å²) in [6.45, 7) is 9.34. The predicted octanol–water partition coefficient (Wildman–Crippen LogP) is 7.00. The molecule has 0 N–H and O–H groups in total. The van der Waals surface area contributed by atoms with Crippen LogP contribution in [0.3, 0.4) is 0 Å². The van der Waals surface area contributed by atoms with Crippen LogP contribution in [-0.4, -0.2) is 0 Å². The summed E-state index contributed by atoms with van der Waals surface area (Å²) in [5.41, 5.74) is 0. The number of hydrogen-bond acceptors (Lipinski definition) is 0. The van der Waals surface area contributed by atoms with Crippen LogP contribution in [0.4, 0.5) is 0 Å². The van der Waals surface area contributed by atoms with Crippen LogP contribution in [-0.2, 0) is 0 Å². The lowest BCUT2D eigenvalue weighted by Gasteiger charge is -1.99. The van der Waals surface area contributed by atoms with Crippen LogP contribution in [0, 0.1) is 6.92 Å².